The van der Waals surface area contributed by atoms with Crippen LogP contribution in [0.15, 0.2) is 0 Å². The maximum atomic E-state index is 11.5. The van der Waals surface area contributed by atoms with Gasteiger partial charge in [0.15, 0.2) is 0 Å². The molecule has 13 heavy (non-hydrogen) atoms. The van der Waals surface area contributed by atoms with E-state index in [1.807, 2.05) is 0 Å². The fourth-order valence-corrected chi connectivity index (χ4v) is 3.86. The van der Waals surface area contributed by atoms with Gasteiger partial charge in [-0.25, -0.2) is 0 Å². The molecule has 0 amide bonds. The van der Waals surface area contributed by atoms with Gasteiger partial charge in [0.25, 0.3) is 0 Å². The number of ketones is 1. The third kappa shape index (κ3) is 1.01. The van der Waals surface area contributed by atoms with E-state index in [1.54, 1.807) is 0 Å². The van der Waals surface area contributed by atoms with Crippen LogP contribution >= 0.6 is 0 Å². The van der Waals surface area contributed by atoms with Crippen LogP contribution in [0.3, 0.4) is 0 Å². The minimum Gasteiger partial charge on any atom is -0.313 e. The Bertz CT molecular complexity index is 246. The third-order valence-corrected chi connectivity index (χ3v) is 4.43. The van der Waals surface area contributed by atoms with Crippen molar-refractivity contribution in [3.05, 3.63) is 0 Å². The van der Waals surface area contributed by atoms with Gasteiger partial charge >= 0.3 is 0 Å². The summed E-state index contributed by atoms with van der Waals surface area (Å²) in [6.07, 6.45) is 7.09. The maximum absolute atomic E-state index is 11.5. The van der Waals surface area contributed by atoms with Crippen LogP contribution in [0.5, 0.6) is 0 Å². The first-order valence-electron chi connectivity index (χ1n) is 5.55. The average molecular weight is 179 g/mol. The van der Waals surface area contributed by atoms with Crippen molar-refractivity contribution in [2.24, 2.45) is 11.3 Å². The number of rotatable bonds is 0. The number of Topliss-reactive ketones (excluding diaryl/α,β-unsaturated/α-hetero) is 1. The van der Waals surface area contributed by atoms with Crippen LogP contribution < -0.4 is 5.32 Å². The Balaban J connectivity index is 1.94. The number of hydrogen-bond donors (Lipinski definition) is 1. The molecule has 2 nitrogen and oxygen atoms in total. The van der Waals surface area contributed by atoms with Crippen LogP contribution in [0.1, 0.15) is 38.5 Å². The molecule has 0 aromatic carbocycles. The molecule has 0 spiro atoms. The SMILES string of the molecule is O=C1C[C@@H]2NC[C@]3(CCCC[C@@H]23)C1. The van der Waals surface area contributed by atoms with Crippen molar-refractivity contribution in [1.29, 1.82) is 0 Å². The molecule has 1 saturated heterocycles. The second-order valence-electron chi connectivity index (χ2n) is 5.12. The monoisotopic (exact) mass is 179 g/mol. The smallest absolute Gasteiger partial charge is 0.135 e. The minimum atomic E-state index is 0.401. The molecule has 1 N–H and O–H groups in total. The molecule has 2 bridgehead atoms. The molecule has 0 radical (unpaired) electrons. The Hall–Kier alpha value is -0.370. The van der Waals surface area contributed by atoms with Crippen LogP contribution in [0.2, 0.25) is 0 Å². The summed E-state index contributed by atoms with van der Waals surface area (Å²) in [5.41, 5.74) is 0.401. The topological polar surface area (TPSA) is 29.1 Å². The maximum Gasteiger partial charge on any atom is 0.135 e. The highest BCUT2D eigenvalue weighted by Gasteiger charge is 2.53. The summed E-state index contributed by atoms with van der Waals surface area (Å²) in [4.78, 5) is 11.5. The molecule has 3 aliphatic rings. The predicted octanol–water partition coefficient (Wildman–Crippen LogP) is 1.50. The molecule has 1 aliphatic heterocycles. The molecule has 0 unspecified atom stereocenters. The summed E-state index contributed by atoms with van der Waals surface area (Å²) in [7, 11) is 0. The minimum absolute atomic E-state index is 0.401. The van der Waals surface area contributed by atoms with Crippen molar-refractivity contribution in [2.75, 3.05) is 6.54 Å². The highest BCUT2D eigenvalue weighted by Crippen LogP contribution is 2.52. The lowest BCUT2D eigenvalue weighted by molar-refractivity contribution is -0.125. The van der Waals surface area contributed by atoms with Gasteiger partial charge in [0.1, 0.15) is 5.78 Å². The third-order valence-electron chi connectivity index (χ3n) is 4.43. The van der Waals surface area contributed by atoms with Crippen LogP contribution in [0.25, 0.3) is 0 Å². The normalized spacial score (nSPS) is 49.1. The van der Waals surface area contributed by atoms with Crippen molar-refractivity contribution in [1.82, 2.24) is 5.32 Å². The molecule has 2 heteroatoms. The van der Waals surface area contributed by atoms with Crippen molar-refractivity contribution in [3.63, 3.8) is 0 Å². The van der Waals surface area contributed by atoms with E-state index < -0.39 is 0 Å². The van der Waals surface area contributed by atoms with Gasteiger partial charge in [-0.05, 0) is 24.2 Å². The number of carbonyl (C=O) groups is 1. The Morgan fingerprint density at radius 1 is 1.38 bits per heavy atom. The van der Waals surface area contributed by atoms with Gasteiger partial charge in [0.05, 0.1) is 0 Å². The van der Waals surface area contributed by atoms with Crippen LogP contribution in [-0.2, 0) is 4.79 Å². The van der Waals surface area contributed by atoms with E-state index in [4.69, 9.17) is 0 Å². The second kappa shape index (κ2) is 2.57. The Morgan fingerprint density at radius 3 is 3.23 bits per heavy atom. The standard InChI is InChI=1S/C11H17NO/c13-8-5-10-9-3-1-2-4-11(9,6-8)7-12-10/h9-10,12H,1-7H2/t9-,10-,11-/m0/s1. The average Bonchev–Trinajstić information content (AvgIpc) is 2.37. The Morgan fingerprint density at radius 2 is 2.31 bits per heavy atom. The zero-order chi connectivity index (χ0) is 8.89. The zero-order valence-electron chi connectivity index (χ0n) is 8.01. The molecule has 2 saturated carbocycles. The van der Waals surface area contributed by atoms with E-state index in [1.165, 1.54) is 25.7 Å². The summed E-state index contributed by atoms with van der Waals surface area (Å²) in [5, 5.41) is 3.56. The number of nitrogens with one attached hydrogen (secondary N) is 1. The van der Waals surface area contributed by atoms with E-state index in [2.05, 4.69) is 5.32 Å². The first-order chi connectivity index (χ1) is 6.30. The zero-order valence-corrected chi connectivity index (χ0v) is 8.01. The first kappa shape index (κ1) is 7.98. The van der Waals surface area contributed by atoms with E-state index in [9.17, 15) is 4.79 Å². The van der Waals surface area contributed by atoms with Gasteiger partial charge in [-0.15, -0.1) is 0 Å². The molecule has 3 fully saturated rings. The lowest BCUT2D eigenvalue weighted by Crippen LogP contribution is -2.42. The van der Waals surface area contributed by atoms with Gasteiger partial charge in [-0.3, -0.25) is 4.79 Å². The Labute approximate surface area is 79.1 Å². The van der Waals surface area contributed by atoms with E-state index in [0.29, 0.717) is 17.2 Å². The highest BCUT2D eigenvalue weighted by molar-refractivity contribution is 5.81. The summed E-state index contributed by atoms with van der Waals surface area (Å²) >= 11 is 0. The van der Waals surface area contributed by atoms with Crippen molar-refractivity contribution in [2.45, 2.75) is 44.6 Å². The first-order valence-corrected chi connectivity index (χ1v) is 5.55. The highest BCUT2D eigenvalue weighted by atomic mass is 16.1. The molecule has 1 heterocycles. The molecule has 2 aliphatic carbocycles. The molecular formula is C11H17NO. The lowest BCUT2D eigenvalue weighted by atomic mass is 9.60. The van der Waals surface area contributed by atoms with Crippen LogP contribution in [-0.4, -0.2) is 18.4 Å². The second-order valence-corrected chi connectivity index (χ2v) is 5.12. The van der Waals surface area contributed by atoms with Crippen molar-refractivity contribution < 1.29 is 4.79 Å². The van der Waals surface area contributed by atoms with Gasteiger partial charge in [0, 0.05) is 25.4 Å². The van der Waals surface area contributed by atoms with Gasteiger partial charge < -0.3 is 5.32 Å². The quantitative estimate of drug-likeness (QED) is 0.610. The van der Waals surface area contributed by atoms with Crippen LogP contribution in [0, 0.1) is 11.3 Å². The summed E-state index contributed by atoms with van der Waals surface area (Å²) in [6.45, 7) is 1.12. The molecule has 72 valence electrons. The largest absolute Gasteiger partial charge is 0.313 e. The number of carbonyl (C=O) groups excluding carboxylic acids is 1. The molecule has 3 rings (SSSR count). The van der Waals surface area contributed by atoms with Crippen molar-refractivity contribution in [3.8, 4) is 0 Å². The fraction of sp³-hybridized carbons (Fsp3) is 0.909. The van der Waals surface area contributed by atoms with Gasteiger partial charge in [0.2, 0.25) is 0 Å². The Kier molecular flexibility index (Phi) is 1.58. The van der Waals surface area contributed by atoms with E-state index >= 15 is 0 Å². The molecule has 3 atom stereocenters. The molecule has 0 aromatic heterocycles. The summed E-state index contributed by atoms with van der Waals surface area (Å²) in [6, 6.07) is 0.543. The summed E-state index contributed by atoms with van der Waals surface area (Å²) in [5.74, 6) is 1.34. The van der Waals surface area contributed by atoms with Gasteiger partial charge in [-0.2, -0.15) is 0 Å². The number of hydrogen-bond acceptors (Lipinski definition) is 2. The van der Waals surface area contributed by atoms with Crippen LogP contribution in [0.4, 0.5) is 0 Å². The summed E-state index contributed by atoms with van der Waals surface area (Å²) < 4.78 is 0. The van der Waals surface area contributed by atoms with E-state index in [-0.39, 0.29) is 0 Å². The van der Waals surface area contributed by atoms with E-state index in [0.717, 1.165) is 25.3 Å². The molecular weight excluding hydrogens is 162 g/mol. The van der Waals surface area contributed by atoms with Gasteiger partial charge in [-0.1, -0.05) is 12.8 Å². The predicted molar refractivity (Wildman–Crippen MR) is 50.4 cm³/mol. The molecule has 0 aromatic rings. The fourth-order valence-electron chi connectivity index (χ4n) is 3.86. The van der Waals surface area contributed by atoms with Crippen molar-refractivity contribution >= 4 is 5.78 Å². The lowest BCUT2D eigenvalue weighted by Gasteiger charge is -2.43.